The number of nitrogens with two attached hydrogens (primary N) is 1. The lowest BCUT2D eigenvalue weighted by atomic mass is 10.2. The van der Waals surface area contributed by atoms with Crippen molar-refractivity contribution in [3.63, 3.8) is 0 Å². The summed E-state index contributed by atoms with van der Waals surface area (Å²) in [6.45, 7) is -0.0216. The molecule has 0 aliphatic carbocycles. The van der Waals surface area contributed by atoms with Gasteiger partial charge in [-0.2, -0.15) is 0 Å². The van der Waals surface area contributed by atoms with Crippen molar-refractivity contribution in [3.05, 3.63) is 0 Å². The highest BCUT2D eigenvalue weighted by Crippen LogP contribution is 2.18. The Balaban J connectivity index is 2.41. The largest absolute Gasteiger partial charge is 0.394 e. The molecule has 4 heteroatoms. The van der Waals surface area contributed by atoms with Crippen molar-refractivity contribution >= 4 is 0 Å². The molecule has 3 atom stereocenters. The van der Waals surface area contributed by atoms with Crippen LogP contribution in [0.3, 0.4) is 0 Å². The number of aliphatic hydroxyl groups is 1. The summed E-state index contributed by atoms with van der Waals surface area (Å²) in [6, 6.07) is 0. The average Bonchev–Trinajstić information content (AvgIpc) is 2.30. The molecule has 1 heterocycles. The highest BCUT2D eigenvalue weighted by atomic mass is 16.6. The Bertz CT molecular complexity index is 97.2. The predicted octanol–water partition coefficient (Wildman–Crippen LogP) is -0.933. The van der Waals surface area contributed by atoms with Crippen LogP contribution in [0.25, 0.3) is 0 Å². The van der Waals surface area contributed by atoms with Crippen LogP contribution < -0.4 is 5.73 Å². The first kappa shape index (κ1) is 7.94. The van der Waals surface area contributed by atoms with Gasteiger partial charge in [0.05, 0.1) is 12.7 Å². The third kappa shape index (κ3) is 1.46. The van der Waals surface area contributed by atoms with E-state index in [0.717, 1.165) is 0 Å². The summed E-state index contributed by atoms with van der Waals surface area (Å²) in [7, 11) is 1.59. The number of aliphatic hydroxyl groups excluding tert-OH is 1. The zero-order valence-corrected chi connectivity index (χ0v) is 5.99. The molecule has 0 spiro atoms. The van der Waals surface area contributed by atoms with Crippen LogP contribution in [0.15, 0.2) is 0 Å². The number of methoxy groups -OCH3 is 1. The Morgan fingerprint density at radius 3 is 2.90 bits per heavy atom. The summed E-state index contributed by atoms with van der Waals surface area (Å²) in [6.07, 6.45) is 0.115. The summed E-state index contributed by atoms with van der Waals surface area (Å²) >= 11 is 0. The van der Waals surface area contributed by atoms with Crippen molar-refractivity contribution in [1.29, 1.82) is 0 Å². The lowest BCUT2D eigenvalue weighted by molar-refractivity contribution is -0.0325. The van der Waals surface area contributed by atoms with Gasteiger partial charge in [-0.25, -0.2) is 0 Å². The van der Waals surface area contributed by atoms with Gasteiger partial charge in [0.2, 0.25) is 0 Å². The standard InChI is InChI=1S/C6H13NO3/c1-9-4-2-6(7)10-5(4)3-8/h4-6,8H,2-3,7H2,1H3. The van der Waals surface area contributed by atoms with E-state index in [1.807, 2.05) is 0 Å². The first-order chi connectivity index (χ1) is 4.77. The molecule has 1 aliphatic heterocycles. The fourth-order valence-corrected chi connectivity index (χ4v) is 1.16. The average molecular weight is 147 g/mol. The Morgan fingerprint density at radius 2 is 2.50 bits per heavy atom. The van der Waals surface area contributed by atoms with Crippen LogP contribution in [0.4, 0.5) is 0 Å². The van der Waals surface area contributed by atoms with Gasteiger partial charge in [-0.05, 0) is 0 Å². The minimum absolute atomic E-state index is 0.0216. The Labute approximate surface area is 59.9 Å². The van der Waals surface area contributed by atoms with Gasteiger partial charge in [0.15, 0.2) is 0 Å². The van der Waals surface area contributed by atoms with E-state index < -0.39 is 0 Å². The third-order valence-electron chi connectivity index (χ3n) is 1.71. The monoisotopic (exact) mass is 147 g/mol. The predicted molar refractivity (Wildman–Crippen MR) is 35.3 cm³/mol. The van der Waals surface area contributed by atoms with E-state index in [-0.39, 0.29) is 25.0 Å². The molecule has 1 aliphatic rings. The summed E-state index contributed by atoms with van der Waals surface area (Å²) in [5.41, 5.74) is 5.45. The van der Waals surface area contributed by atoms with E-state index in [4.69, 9.17) is 20.3 Å². The molecule has 3 N–H and O–H groups in total. The highest BCUT2D eigenvalue weighted by Gasteiger charge is 2.32. The van der Waals surface area contributed by atoms with Gasteiger partial charge in [-0.1, -0.05) is 0 Å². The van der Waals surface area contributed by atoms with E-state index in [2.05, 4.69) is 0 Å². The first-order valence-corrected chi connectivity index (χ1v) is 3.32. The lowest BCUT2D eigenvalue weighted by Crippen LogP contribution is -2.26. The van der Waals surface area contributed by atoms with Crippen LogP contribution in [0.1, 0.15) is 6.42 Å². The van der Waals surface area contributed by atoms with Crippen molar-refractivity contribution in [2.45, 2.75) is 24.9 Å². The number of hydrogen-bond donors (Lipinski definition) is 2. The van der Waals surface area contributed by atoms with Gasteiger partial charge < -0.3 is 20.3 Å². The van der Waals surface area contributed by atoms with Gasteiger partial charge in [0.1, 0.15) is 12.3 Å². The Hall–Kier alpha value is -0.160. The van der Waals surface area contributed by atoms with Crippen LogP contribution in [-0.2, 0) is 9.47 Å². The fraction of sp³-hybridized carbons (Fsp3) is 1.00. The Morgan fingerprint density at radius 1 is 1.80 bits per heavy atom. The molecule has 60 valence electrons. The maximum absolute atomic E-state index is 8.72. The van der Waals surface area contributed by atoms with E-state index in [0.29, 0.717) is 6.42 Å². The van der Waals surface area contributed by atoms with Gasteiger partial charge in [-0.15, -0.1) is 0 Å². The second-order valence-corrected chi connectivity index (χ2v) is 2.41. The van der Waals surface area contributed by atoms with Gasteiger partial charge in [-0.3, -0.25) is 0 Å². The van der Waals surface area contributed by atoms with Gasteiger partial charge in [0.25, 0.3) is 0 Å². The molecule has 0 aromatic rings. The van der Waals surface area contributed by atoms with E-state index >= 15 is 0 Å². The molecule has 0 aromatic heterocycles. The zero-order valence-electron chi connectivity index (χ0n) is 5.99. The molecule has 0 aromatic carbocycles. The molecular weight excluding hydrogens is 134 g/mol. The Kier molecular flexibility index (Phi) is 2.62. The molecule has 0 saturated carbocycles. The summed E-state index contributed by atoms with van der Waals surface area (Å²) in [4.78, 5) is 0. The maximum Gasteiger partial charge on any atom is 0.109 e. The lowest BCUT2D eigenvalue weighted by Gasteiger charge is -2.12. The first-order valence-electron chi connectivity index (χ1n) is 3.32. The molecular formula is C6H13NO3. The second-order valence-electron chi connectivity index (χ2n) is 2.41. The van der Waals surface area contributed by atoms with Gasteiger partial charge in [0, 0.05) is 13.5 Å². The van der Waals surface area contributed by atoms with E-state index in [9.17, 15) is 0 Å². The second kappa shape index (κ2) is 3.30. The van der Waals surface area contributed by atoms with Gasteiger partial charge >= 0.3 is 0 Å². The minimum Gasteiger partial charge on any atom is -0.394 e. The molecule has 10 heavy (non-hydrogen) atoms. The molecule has 1 rings (SSSR count). The van der Waals surface area contributed by atoms with E-state index in [1.54, 1.807) is 7.11 Å². The molecule has 0 bridgehead atoms. The number of rotatable bonds is 2. The number of hydrogen-bond acceptors (Lipinski definition) is 4. The molecule has 0 radical (unpaired) electrons. The summed E-state index contributed by atoms with van der Waals surface area (Å²) in [5, 5.41) is 8.72. The molecule has 4 nitrogen and oxygen atoms in total. The fourth-order valence-electron chi connectivity index (χ4n) is 1.16. The van der Waals surface area contributed by atoms with Crippen molar-refractivity contribution < 1.29 is 14.6 Å². The van der Waals surface area contributed by atoms with Crippen LogP contribution in [0, 0.1) is 0 Å². The highest BCUT2D eigenvalue weighted by molar-refractivity contribution is 4.79. The van der Waals surface area contributed by atoms with Crippen LogP contribution in [0.5, 0.6) is 0 Å². The molecule has 0 amide bonds. The maximum atomic E-state index is 8.72. The number of ether oxygens (including phenoxy) is 2. The summed E-state index contributed by atoms with van der Waals surface area (Å²) in [5.74, 6) is 0. The smallest absolute Gasteiger partial charge is 0.109 e. The van der Waals surface area contributed by atoms with Crippen LogP contribution in [-0.4, -0.2) is 37.3 Å². The van der Waals surface area contributed by atoms with Crippen molar-refractivity contribution in [1.82, 2.24) is 0 Å². The molecule has 3 unspecified atom stereocenters. The van der Waals surface area contributed by atoms with E-state index in [1.165, 1.54) is 0 Å². The minimum atomic E-state index is -0.276. The quantitative estimate of drug-likeness (QED) is 0.529. The van der Waals surface area contributed by atoms with Crippen molar-refractivity contribution in [2.75, 3.05) is 13.7 Å². The van der Waals surface area contributed by atoms with Crippen molar-refractivity contribution in [3.8, 4) is 0 Å². The molecule has 1 saturated heterocycles. The summed E-state index contributed by atoms with van der Waals surface area (Å²) < 4.78 is 10.1. The topological polar surface area (TPSA) is 64.7 Å². The zero-order chi connectivity index (χ0) is 7.56. The molecule has 1 fully saturated rings. The third-order valence-corrected chi connectivity index (χ3v) is 1.71. The SMILES string of the molecule is COC1CC(N)OC1CO. The van der Waals surface area contributed by atoms with Crippen molar-refractivity contribution in [2.24, 2.45) is 5.73 Å². The normalized spacial score (nSPS) is 40.5. The van der Waals surface area contributed by atoms with Crippen LogP contribution >= 0.6 is 0 Å². The van der Waals surface area contributed by atoms with Crippen LogP contribution in [0.2, 0.25) is 0 Å².